The Morgan fingerprint density at radius 2 is 2.00 bits per heavy atom. The minimum atomic E-state index is -4.76. The number of halogens is 3. The number of H-pyrrole nitrogens is 1. The molecule has 2 aliphatic rings. The Labute approximate surface area is 147 Å². The summed E-state index contributed by atoms with van der Waals surface area (Å²) in [5, 5.41) is 10.1. The lowest BCUT2D eigenvalue weighted by atomic mass is 9.98. The predicted octanol–water partition coefficient (Wildman–Crippen LogP) is 2.82. The lowest BCUT2D eigenvalue weighted by Crippen LogP contribution is -2.48. The van der Waals surface area contributed by atoms with Crippen molar-refractivity contribution in [1.82, 2.24) is 20.4 Å². The van der Waals surface area contributed by atoms with E-state index < -0.39 is 6.36 Å². The largest absolute Gasteiger partial charge is 0.573 e. The third-order valence-electron chi connectivity index (χ3n) is 5.42. The van der Waals surface area contributed by atoms with Gasteiger partial charge in [0.25, 0.3) is 5.91 Å². The van der Waals surface area contributed by atoms with E-state index in [4.69, 9.17) is 0 Å². The number of rotatable bonds is 3. The van der Waals surface area contributed by atoms with Crippen molar-refractivity contribution in [2.24, 2.45) is 0 Å². The van der Waals surface area contributed by atoms with Crippen molar-refractivity contribution in [2.45, 2.75) is 50.2 Å². The molecule has 4 rings (SSSR count). The Bertz CT molecular complexity index is 821. The first-order valence-electron chi connectivity index (χ1n) is 8.57. The zero-order valence-electron chi connectivity index (χ0n) is 14.1. The van der Waals surface area contributed by atoms with Crippen LogP contribution in [0.3, 0.4) is 0 Å². The van der Waals surface area contributed by atoms with Crippen LogP contribution in [0.5, 0.6) is 5.75 Å². The van der Waals surface area contributed by atoms with Gasteiger partial charge in [-0.05, 0) is 44.9 Å². The minimum Gasteiger partial charge on any atom is -0.406 e. The molecule has 0 saturated carbocycles. The number of aromatic amines is 1. The lowest BCUT2D eigenvalue weighted by Gasteiger charge is -2.36. The predicted molar refractivity (Wildman–Crippen MR) is 87.8 cm³/mol. The van der Waals surface area contributed by atoms with E-state index in [2.05, 4.69) is 32.2 Å². The molecular weight excluding hydrogens is 349 g/mol. The van der Waals surface area contributed by atoms with E-state index in [1.54, 1.807) is 0 Å². The maximum absolute atomic E-state index is 12.6. The van der Waals surface area contributed by atoms with Crippen LogP contribution in [0.2, 0.25) is 0 Å². The highest BCUT2D eigenvalue weighted by molar-refractivity contribution is 6.05. The van der Waals surface area contributed by atoms with Gasteiger partial charge in [0.15, 0.2) is 5.69 Å². The molecule has 2 bridgehead atoms. The fourth-order valence-electron chi connectivity index (χ4n) is 4.15. The Morgan fingerprint density at radius 3 is 2.65 bits per heavy atom. The fourth-order valence-corrected chi connectivity index (χ4v) is 4.15. The lowest BCUT2D eigenvalue weighted by molar-refractivity contribution is -0.274. The molecule has 1 aromatic heterocycles. The van der Waals surface area contributed by atoms with Crippen LogP contribution in [0.1, 0.15) is 36.2 Å². The third-order valence-corrected chi connectivity index (χ3v) is 5.42. The summed E-state index contributed by atoms with van der Waals surface area (Å²) in [6, 6.07) is 4.86. The zero-order chi connectivity index (χ0) is 18.5. The first kappa shape index (κ1) is 17.1. The number of alkyl halides is 3. The van der Waals surface area contributed by atoms with E-state index in [0.717, 1.165) is 25.7 Å². The van der Waals surface area contributed by atoms with Crippen LogP contribution in [0, 0.1) is 0 Å². The van der Waals surface area contributed by atoms with Gasteiger partial charge in [-0.2, -0.15) is 5.10 Å². The van der Waals surface area contributed by atoms with Gasteiger partial charge in [-0.3, -0.25) is 9.89 Å². The first-order chi connectivity index (χ1) is 12.3. The maximum atomic E-state index is 12.6. The molecular formula is C17H19F3N4O2. The topological polar surface area (TPSA) is 70.2 Å². The van der Waals surface area contributed by atoms with E-state index >= 15 is 0 Å². The summed E-state index contributed by atoms with van der Waals surface area (Å²) in [5.74, 6) is -0.665. The number of aromatic nitrogens is 2. The molecule has 0 aliphatic carbocycles. The summed E-state index contributed by atoms with van der Waals surface area (Å²) in [7, 11) is 2.13. The molecule has 9 heteroatoms. The summed E-state index contributed by atoms with van der Waals surface area (Å²) in [4.78, 5) is 15.0. The van der Waals surface area contributed by atoms with Gasteiger partial charge in [-0.15, -0.1) is 13.2 Å². The average Bonchev–Trinajstić information content (AvgIpc) is 3.03. The maximum Gasteiger partial charge on any atom is 0.573 e. The van der Waals surface area contributed by atoms with Crippen molar-refractivity contribution in [1.29, 1.82) is 0 Å². The van der Waals surface area contributed by atoms with Gasteiger partial charge in [0.1, 0.15) is 5.75 Å². The standard InChI is InChI=1S/C17H19F3N4O2/c1-24-10-2-3-11(24)7-9(6-10)21-16(25)15-13-5-4-12(26-17(18,19)20)8-14(13)22-23-15/h4-5,8-11H,2-3,6-7H2,1H3,(H,21,25)(H,22,23)/t9?,10-,11+. The Morgan fingerprint density at radius 1 is 1.31 bits per heavy atom. The molecule has 0 spiro atoms. The molecule has 1 unspecified atom stereocenters. The van der Waals surface area contributed by atoms with Gasteiger partial charge in [0.2, 0.25) is 0 Å². The van der Waals surface area contributed by atoms with Crippen LogP contribution in [-0.4, -0.2) is 52.5 Å². The van der Waals surface area contributed by atoms with Crippen LogP contribution in [-0.2, 0) is 0 Å². The van der Waals surface area contributed by atoms with Gasteiger partial charge in [-0.1, -0.05) is 0 Å². The van der Waals surface area contributed by atoms with Gasteiger partial charge < -0.3 is 15.0 Å². The number of hydrogen-bond acceptors (Lipinski definition) is 4. The number of carbonyl (C=O) groups excluding carboxylic acids is 1. The molecule has 6 nitrogen and oxygen atoms in total. The summed E-state index contributed by atoms with van der Waals surface area (Å²) in [5.41, 5.74) is 0.505. The molecule has 1 amide bonds. The Kier molecular flexibility index (Phi) is 4.06. The molecule has 140 valence electrons. The van der Waals surface area contributed by atoms with Crippen molar-refractivity contribution < 1.29 is 22.7 Å². The molecule has 2 N–H and O–H groups in total. The number of carbonyl (C=O) groups is 1. The van der Waals surface area contributed by atoms with Crippen molar-refractivity contribution in [3.05, 3.63) is 23.9 Å². The van der Waals surface area contributed by atoms with Gasteiger partial charge >= 0.3 is 6.36 Å². The number of benzene rings is 1. The molecule has 26 heavy (non-hydrogen) atoms. The number of hydrogen-bond donors (Lipinski definition) is 2. The van der Waals surface area contributed by atoms with Gasteiger partial charge in [0, 0.05) is 29.6 Å². The molecule has 2 fully saturated rings. The van der Waals surface area contributed by atoms with Crippen LogP contribution in [0.4, 0.5) is 13.2 Å². The second-order valence-corrected chi connectivity index (χ2v) is 7.02. The summed E-state index contributed by atoms with van der Waals surface area (Å²) >= 11 is 0. The number of amides is 1. The summed E-state index contributed by atoms with van der Waals surface area (Å²) < 4.78 is 40.8. The van der Waals surface area contributed by atoms with E-state index in [1.807, 2.05) is 0 Å². The molecule has 2 saturated heterocycles. The monoisotopic (exact) mass is 368 g/mol. The first-order valence-corrected chi connectivity index (χ1v) is 8.57. The zero-order valence-corrected chi connectivity index (χ0v) is 14.1. The van der Waals surface area contributed by atoms with E-state index in [1.165, 1.54) is 18.2 Å². The molecule has 3 atom stereocenters. The second kappa shape index (κ2) is 6.15. The number of ether oxygens (including phenoxy) is 1. The van der Waals surface area contributed by atoms with Crippen LogP contribution in [0.25, 0.3) is 10.9 Å². The normalized spacial score (nSPS) is 26.2. The van der Waals surface area contributed by atoms with Crippen molar-refractivity contribution in [3.63, 3.8) is 0 Å². The number of piperidine rings is 1. The van der Waals surface area contributed by atoms with Gasteiger partial charge in [-0.25, -0.2) is 0 Å². The highest BCUT2D eigenvalue weighted by Gasteiger charge is 2.39. The highest BCUT2D eigenvalue weighted by atomic mass is 19.4. The third kappa shape index (κ3) is 3.23. The molecule has 0 radical (unpaired) electrons. The molecule has 1 aromatic carbocycles. The van der Waals surface area contributed by atoms with Crippen molar-refractivity contribution in [3.8, 4) is 5.75 Å². The van der Waals surface area contributed by atoms with Crippen LogP contribution >= 0.6 is 0 Å². The number of nitrogens with one attached hydrogen (secondary N) is 2. The molecule has 2 aromatic rings. The second-order valence-electron chi connectivity index (χ2n) is 7.02. The highest BCUT2D eigenvalue weighted by Crippen LogP contribution is 2.34. The minimum absolute atomic E-state index is 0.0933. The quantitative estimate of drug-likeness (QED) is 0.874. The van der Waals surface area contributed by atoms with Gasteiger partial charge in [0.05, 0.1) is 5.52 Å². The van der Waals surface area contributed by atoms with Crippen molar-refractivity contribution >= 4 is 16.8 Å². The fraction of sp³-hybridized carbons (Fsp3) is 0.529. The number of nitrogens with zero attached hydrogens (tertiary/aromatic N) is 2. The van der Waals surface area contributed by atoms with E-state index in [9.17, 15) is 18.0 Å². The van der Waals surface area contributed by atoms with Crippen LogP contribution < -0.4 is 10.1 Å². The molecule has 3 heterocycles. The number of fused-ring (bicyclic) bond motifs is 3. The van der Waals surface area contributed by atoms with E-state index in [-0.39, 0.29) is 23.4 Å². The Hall–Kier alpha value is -2.29. The van der Waals surface area contributed by atoms with Crippen LogP contribution in [0.15, 0.2) is 18.2 Å². The van der Waals surface area contributed by atoms with E-state index in [0.29, 0.717) is 23.0 Å². The van der Waals surface area contributed by atoms with Crippen molar-refractivity contribution in [2.75, 3.05) is 7.05 Å². The SMILES string of the molecule is CN1[C@@H]2CC[C@H]1CC(NC(=O)c1n[nH]c3cc(OC(F)(F)F)ccc13)C2. The smallest absolute Gasteiger partial charge is 0.406 e. The summed E-state index contributed by atoms with van der Waals surface area (Å²) in [6.07, 6.45) is -0.640. The average molecular weight is 368 g/mol. The summed E-state index contributed by atoms with van der Waals surface area (Å²) in [6.45, 7) is 0. The molecule has 2 aliphatic heterocycles. The Balaban J connectivity index is 1.49.